The Morgan fingerprint density at radius 1 is 0.321 bits per heavy atom. The van der Waals surface area contributed by atoms with Crippen LogP contribution in [0.3, 0.4) is 0 Å². The van der Waals surface area contributed by atoms with E-state index in [-0.39, 0.29) is 0 Å². The van der Waals surface area contributed by atoms with Crippen molar-refractivity contribution in [3.8, 4) is 0 Å². The van der Waals surface area contributed by atoms with Gasteiger partial charge in [-0.05, 0) is 105 Å². The fourth-order valence-electron chi connectivity index (χ4n) is 8.62. The molecule has 0 bridgehead atoms. The third-order valence-electron chi connectivity index (χ3n) is 11.1. The highest BCUT2D eigenvalue weighted by Gasteiger charge is 2.32. The molecular formula is C48H27O2PS2. The first-order valence-electron chi connectivity index (χ1n) is 17.8. The van der Waals surface area contributed by atoms with Crippen LogP contribution >= 0.6 is 29.8 Å². The molecule has 0 aliphatic heterocycles. The molecule has 0 saturated heterocycles. The van der Waals surface area contributed by atoms with Crippen molar-refractivity contribution in [1.29, 1.82) is 0 Å². The van der Waals surface area contributed by atoms with Gasteiger partial charge in [0.1, 0.15) is 11.2 Å². The van der Waals surface area contributed by atoms with Crippen molar-refractivity contribution in [3.05, 3.63) is 164 Å². The fourth-order valence-corrected chi connectivity index (χ4v) is 13.5. The second-order valence-corrected chi connectivity index (χ2v) is 18.9. The normalized spacial score (nSPS) is 12.6. The number of thiophene rings is 2. The van der Waals surface area contributed by atoms with Crippen LogP contribution in [-0.2, 0) is 4.57 Å². The molecule has 0 radical (unpaired) electrons. The molecule has 0 N–H and O–H groups in total. The zero-order valence-corrected chi connectivity index (χ0v) is 30.7. The van der Waals surface area contributed by atoms with Crippen molar-refractivity contribution in [2.45, 2.75) is 0 Å². The van der Waals surface area contributed by atoms with Crippen LogP contribution in [-0.4, -0.2) is 0 Å². The van der Waals surface area contributed by atoms with Crippen LogP contribution in [0.25, 0.3) is 94.6 Å². The van der Waals surface area contributed by atoms with Gasteiger partial charge in [0.15, 0.2) is 7.14 Å². The van der Waals surface area contributed by atoms with Gasteiger partial charge in [0.05, 0.1) is 0 Å². The Bertz CT molecular complexity index is 3450. The van der Waals surface area contributed by atoms with Crippen molar-refractivity contribution in [2.75, 3.05) is 0 Å². The third-order valence-corrected chi connectivity index (χ3v) is 16.4. The average molecular weight is 731 g/mol. The molecule has 5 heteroatoms. The summed E-state index contributed by atoms with van der Waals surface area (Å²) in [4.78, 5) is 0. The summed E-state index contributed by atoms with van der Waals surface area (Å²) < 4.78 is 27.8. The summed E-state index contributed by atoms with van der Waals surface area (Å²) in [5, 5.41) is 16.3. The number of benzene rings is 9. The van der Waals surface area contributed by atoms with E-state index >= 15 is 4.57 Å². The molecular weight excluding hydrogens is 704 g/mol. The lowest BCUT2D eigenvalue weighted by Gasteiger charge is -2.22. The standard InChI is InChI=1S/C48H27O2PS2/c49-51(29-18-21-47-41(24-29)35-12-4-7-15-45(35)52-47,30-19-22-48-42(25-30)36-13-5-8-16-46(36)53-48)28-17-20-33-37(23-28)31-9-1-2-10-32(31)38-26-40-34-11-3-6-14-43(34)50-44(40)27-39(33)38/h1-27H. The van der Waals surface area contributed by atoms with Crippen LogP contribution in [0, 0.1) is 0 Å². The highest BCUT2D eigenvalue weighted by Crippen LogP contribution is 2.48. The summed E-state index contributed by atoms with van der Waals surface area (Å²) in [7, 11) is -3.40. The van der Waals surface area contributed by atoms with E-state index in [0.29, 0.717) is 0 Å². The number of hydrogen-bond acceptors (Lipinski definition) is 4. The Kier molecular flexibility index (Phi) is 6.11. The van der Waals surface area contributed by atoms with E-state index in [9.17, 15) is 0 Å². The molecule has 53 heavy (non-hydrogen) atoms. The molecule has 0 atom stereocenters. The molecule has 12 rings (SSSR count). The Hall–Kier alpha value is -5.77. The zero-order valence-electron chi connectivity index (χ0n) is 28.2. The first kappa shape index (κ1) is 29.8. The smallest absolute Gasteiger partial charge is 0.171 e. The van der Waals surface area contributed by atoms with Gasteiger partial charge >= 0.3 is 0 Å². The van der Waals surface area contributed by atoms with Crippen molar-refractivity contribution in [3.63, 3.8) is 0 Å². The summed E-state index contributed by atoms with van der Waals surface area (Å²) in [5.41, 5.74) is 1.76. The predicted molar refractivity (Wildman–Crippen MR) is 231 cm³/mol. The van der Waals surface area contributed by atoms with E-state index in [2.05, 4.69) is 152 Å². The van der Waals surface area contributed by atoms with Gasteiger partial charge in [-0.25, -0.2) is 0 Å². The van der Waals surface area contributed by atoms with Crippen molar-refractivity contribution in [1.82, 2.24) is 0 Å². The molecule has 3 heterocycles. The van der Waals surface area contributed by atoms with Crippen LogP contribution in [0.1, 0.15) is 0 Å². The minimum atomic E-state index is -3.40. The number of fused-ring (bicyclic) bond motifs is 15. The highest BCUT2D eigenvalue weighted by molar-refractivity contribution is 7.85. The monoisotopic (exact) mass is 730 g/mol. The summed E-state index contributed by atoms with van der Waals surface area (Å²) in [6.07, 6.45) is 0. The van der Waals surface area contributed by atoms with E-state index in [0.717, 1.165) is 70.2 Å². The molecule has 248 valence electrons. The van der Waals surface area contributed by atoms with Gasteiger partial charge in [-0.15, -0.1) is 22.7 Å². The average Bonchev–Trinajstić information content (AvgIpc) is 3.90. The van der Waals surface area contributed by atoms with Gasteiger partial charge in [-0.3, -0.25) is 0 Å². The van der Waals surface area contributed by atoms with Gasteiger partial charge < -0.3 is 8.98 Å². The quantitative estimate of drug-likeness (QED) is 0.134. The number of hydrogen-bond donors (Lipinski definition) is 0. The van der Waals surface area contributed by atoms with Gasteiger partial charge in [-0.2, -0.15) is 0 Å². The largest absolute Gasteiger partial charge is 0.456 e. The molecule has 0 aliphatic carbocycles. The van der Waals surface area contributed by atoms with Crippen LogP contribution in [0.5, 0.6) is 0 Å². The summed E-state index contributed by atoms with van der Waals surface area (Å²) in [6.45, 7) is 0. The zero-order chi connectivity index (χ0) is 34.8. The Labute approximate surface area is 311 Å². The topological polar surface area (TPSA) is 30.2 Å². The molecule has 0 aliphatic rings. The van der Waals surface area contributed by atoms with Crippen LogP contribution in [0.2, 0.25) is 0 Å². The second kappa shape index (κ2) is 10.9. The Morgan fingerprint density at radius 2 is 0.755 bits per heavy atom. The van der Waals surface area contributed by atoms with E-state index < -0.39 is 7.14 Å². The molecule has 0 spiro atoms. The van der Waals surface area contributed by atoms with Crippen LogP contribution in [0.15, 0.2) is 168 Å². The summed E-state index contributed by atoms with van der Waals surface area (Å²) in [5.74, 6) is 0. The van der Waals surface area contributed by atoms with E-state index in [4.69, 9.17) is 4.42 Å². The SMILES string of the molecule is O=P(c1ccc2sc3ccccc3c2c1)(c1ccc2sc3ccccc3c2c1)c1ccc2c(c1)c1ccccc1c1cc3c(cc21)oc1ccccc13. The molecule has 0 unspecified atom stereocenters. The lowest BCUT2D eigenvalue weighted by Crippen LogP contribution is -2.25. The molecule has 12 aromatic rings. The van der Waals surface area contributed by atoms with E-state index in [1.165, 1.54) is 40.3 Å². The van der Waals surface area contributed by atoms with Crippen LogP contribution in [0.4, 0.5) is 0 Å². The molecule has 0 fully saturated rings. The van der Waals surface area contributed by atoms with E-state index in [1.54, 1.807) is 22.7 Å². The van der Waals surface area contributed by atoms with Crippen LogP contribution < -0.4 is 15.9 Å². The number of para-hydroxylation sites is 1. The maximum Gasteiger partial charge on any atom is 0.171 e. The van der Waals surface area contributed by atoms with Gasteiger partial charge in [0.25, 0.3) is 0 Å². The Balaban J connectivity index is 1.17. The maximum atomic E-state index is 16.5. The summed E-state index contributed by atoms with van der Waals surface area (Å²) in [6, 6.07) is 57.9. The highest BCUT2D eigenvalue weighted by atomic mass is 32.1. The van der Waals surface area contributed by atoms with Gasteiger partial charge in [0, 0.05) is 67.0 Å². The van der Waals surface area contributed by atoms with Crippen molar-refractivity contribution < 1.29 is 8.98 Å². The Morgan fingerprint density at radius 3 is 1.38 bits per heavy atom. The fraction of sp³-hybridized carbons (Fsp3) is 0. The lowest BCUT2D eigenvalue weighted by molar-refractivity contribution is 0.592. The molecule has 2 nitrogen and oxygen atoms in total. The number of rotatable bonds is 3. The van der Waals surface area contributed by atoms with E-state index in [1.807, 2.05) is 12.1 Å². The molecule has 3 aromatic heterocycles. The number of furan rings is 1. The molecule has 9 aromatic carbocycles. The second-order valence-electron chi connectivity index (χ2n) is 13.9. The molecule has 0 saturated carbocycles. The maximum absolute atomic E-state index is 16.5. The molecule has 0 amide bonds. The lowest BCUT2D eigenvalue weighted by atomic mass is 9.93. The van der Waals surface area contributed by atoms with Crippen molar-refractivity contribution in [2.24, 2.45) is 0 Å². The summed E-state index contributed by atoms with van der Waals surface area (Å²) >= 11 is 3.57. The third kappa shape index (κ3) is 4.17. The first-order chi connectivity index (χ1) is 26.1. The predicted octanol–water partition coefficient (Wildman–Crippen LogP) is 13.4. The van der Waals surface area contributed by atoms with Gasteiger partial charge in [-0.1, -0.05) is 91.0 Å². The first-order valence-corrected chi connectivity index (χ1v) is 21.1. The van der Waals surface area contributed by atoms with Crippen molar-refractivity contribution >= 4 is 140 Å². The van der Waals surface area contributed by atoms with Gasteiger partial charge in [0.2, 0.25) is 0 Å². The minimum absolute atomic E-state index is 0.831. The minimum Gasteiger partial charge on any atom is -0.456 e.